The van der Waals surface area contributed by atoms with Crippen LogP contribution in [0.25, 0.3) is 0 Å². The summed E-state index contributed by atoms with van der Waals surface area (Å²) in [5.41, 5.74) is 6.91. The maximum absolute atomic E-state index is 11.6. The second-order valence-electron chi connectivity index (χ2n) is 5.07. The minimum absolute atomic E-state index is 0.158. The Balaban J connectivity index is 1.71. The van der Waals surface area contributed by atoms with Gasteiger partial charge in [0.15, 0.2) is 6.61 Å². The molecule has 1 aliphatic heterocycles. The maximum Gasteiger partial charge on any atom is 0.276 e. The lowest BCUT2D eigenvalue weighted by Crippen LogP contribution is -2.47. The lowest BCUT2D eigenvalue weighted by Gasteiger charge is -2.12. The minimum atomic E-state index is -0.467. The van der Waals surface area contributed by atoms with Crippen molar-refractivity contribution in [2.45, 2.75) is 32.8 Å². The van der Waals surface area contributed by atoms with Crippen LogP contribution in [0.4, 0.5) is 0 Å². The van der Waals surface area contributed by atoms with E-state index < -0.39 is 12.0 Å². The van der Waals surface area contributed by atoms with Gasteiger partial charge < -0.3 is 9.47 Å². The zero-order valence-corrected chi connectivity index (χ0v) is 12.3. The van der Waals surface area contributed by atoms with Gasteiger partial charge in [-0.2, -0.15) is 0 Å². The lowest BCUT2D eigenvalue weighted by molar-refractivity contribution is -0.135. The van der Waals surface area contributed by atoms with Crippen LogP contribution in [0.5, 0.6) is 5.75 Å². The van der Waals surface area contributed by atoms with Crippen LogP contribution in [0.3, 0.4) is 0 Å². The van der Waals surface area contributed by atoms with Crippen molar-refractivity contribution in [3.05, 3.63) is 29.3 Å². The van der Waals surface area contributed by atoms with E-state index in [9.17, 15) is 9.59 Å². The monoisotopic (exact) mass is 292 g/mol. The average Bonchev–Trinajstić information content (AvgIpc) is 3.00. The number of hydrazine groups is 1. The fourth-order valence-corrected chi connectivity index (χ4v) is 1.98. The highest BCUT2D eigenvalue weighted by atomic mass is 16.5. The van der Waals surface area contributed by atoms with E-state index in [1.165, 1.54) is 0 Å². The number of benzene rings is 1. The second kappa shape index (κ2) is 7.08. The van der Waals surface area contributed by atoms with Gasteiger partial charge in [-0.1, -0.05) is 6.07 Å². The summed E-state index contributed by atoms with van der Waals surface area (Å²) < 4.78 is 10.6. The van der Waals surface area contributed by atoms with Crippen LogP contribution in [0.1, 0.15) is 24.0 Å². The Morgan fingerprint density at radius 2 is 2.10 bits per heavy atom. The third kappa shape index (κ3) is 4.46. The van der Waals surface area contributed by atoms with E-state index in [0.717, 1.165) is 17.5 Å². The first-order valence-corrected chi connectivity index (χ1v) is 6.96. The molecule has 0 aromatic heterocycles. The molecule has 0 spiro atoms. The van der Waals surface area contributed by atoms with Gasteiger partial charge in [0.25, 0.3) is 11.8 Å². The molecule has 114 valence electrons. The summed E-state index contributed by atoms with van der Waals surface area (Å²) in [4.78, 5) is 23.2. The molecule has 0 aliphatic carbocycles. The van der Waals surface area contributed by atoms with Crippen LogP contribution in [0.2, 0.25) is 0 Å². The normalized spacial score (nSPS) is 17.3. The Labute approximate surface area is 123 Å². The van der Waals surface area contributed by atoms with Crippen LogP contribution in [0, 0.1) is 13.8 Å². The smallest absolute Gasteiger partial charge is 0.276 e. The number of amides is 2. The first-order valence-electron chi connectivity index (χ1n) is 6.96. The molecule has 2 rings (SSSR count). The Kier molecular flexibility index (Phi) is 5.16. The van der Waals surface area contributed by atoms with Crippen molar-refractivity contribution in [3.8, 4) is 5.75 Å². The van der Waals surface area contributed by atoms with E-state index in [1.54, 1.807) is 6.07 Å². The molecule has 6 heteroatoms. The fourth-order valence-electron chi connectivity index (χ4n) is 1.98. The molecular formula is C15H20N2O4. The largest absolute Gasteiger partial charge is 0.484 e. The number of rotatable bonds is 4. The molecule has 21 heavy (non-hydrogen) atoms. The summed E-state index contributed by atoms with van der Waals surface area (Å²) in [6.45, 7) is 4.41. The standard InChI is InChI=1S/C15H20N2O4/c1-10-5-6-12(8-11(10)2)21-9-14(18)16-17-15(19)13-4-3-7-20-13/h5-6,8,13H,3-4,7,9H2,1-2H3,(H,16,18)(H,17,19). The molecule has 6 nitrogen and oxygen atoms in total. The Hall–Kier alpha value is -2.08. The summed E-state index contributed by atoms with van der Waals surface area (Å²) in [5.74, 6) is -0.120. The van der Waals surface area contributed by atoms with Crippen molar-refractivity contribution in [2.75, 3.05) is 13.2 Å². The van der Waals surface area contributed by atoms with Gasteiger partial charge in [-0.15, -0.1) is 0 Å². The summed E-state index contributed by atoms with van der Waals surface area (Å²) in [6.07, 6.45) is 1.08. The third-order valence-electron chi connectivity index (χ3n) is 3.40. The van der Waals surface area contributed by atoms with Crippen molar-refractivity contribution in [1.29, 1.82) is 0 Å². The highest BCUT2D eigenvalue weighted by Crippen LogP contribution is 2.16. The molecule has 2 amide bonds. The molecule has 1 heterocycles. The van der Waals surface area contributed by atoms with Gasteiger partial charge in [0.2, 0.25) is 0 Å². The number of carbonyl (C=O) groups is 2. The summed E-state index contributed by atoms with van der Waals surface area (Å²) in [7, 11) is 0. The van der Waals surface area contributed by atoms with Crippen LogP contribution in [-0.2, 0) is 14.3 Å². The zero-order valence-electron chi connectivity index (χ0n) is 12.3. The predicted molar refractivity (Wildman–Crippen MR) is 76.7 cm³/mol. The van der Waals surface area contributed by atoms with Gasteiger partial charge in [0.1, 0.15) is 11.9 Å². The molecule has 1 unspecified atom stereocenters. The quantitative estimate of drug-likeness (QED) is 0.812. The molecule has 1 aliphatic rings. The highest BCUT2D eigenvalue weighted by molar-refractivity contribution is 5.85. The number of aryl methyl sites for hydroxylation is 2. The molecule has 1 saturated heterocycles. The average molecular weight is 292 g/mol. The molecular weight excluding hydrogens is 272 g/mol. The molecule has 1 aromatic rings. The van der Waals surface area contributed by atoms with Gasteiger partial charge in [-0.05, 0) is 49.9 Å². The van der Waals surface area contributed by atoms with Crippen molar-refractivity contribution in [2.24, 2.45) is 0 Å². The summed E-state index contributed by atoms with van der Waals surface area (Å²) in [5, 5.41) is 0. The summed E-state index contributed by atoms with van der Waals surface area (Å²) in [6, 6.07) is 5.61. The number of hydrogen-bond donors (Lipinski definition) is 2. The van der Waals surface area contributed by atoms with Crippen LogP contribution in [0.15, 0.2) is 18.2 Å². The SMILES string of the molecule is Cc1ccc(OCC(=O)NNC(=O)C2CCCO2)cc1C. The maximum atomic E-state index is 11.6. The van der Waals surface area contributed by atoms with E-state index in [1.807, 2.05) is 26.0 Å². The van der Waals surface area contributed by atoms with E-state index in [0.29, 0.717) is 18.8 Å². The Morgan fingerprint density at radius 3 is 2.76 bits per heavy atom. The first kappa shape index (κ1) is 15.3. The van der Waals surface area contributed by atoms with Crippen LogP contribution in [-0.4, -0.2) is 31.1 Å². The second-order valence-corrected chi connectivity index (χ2v) is 5.07. The van der Waals surface area contributed by atoms with Crippen molar-refractivity contribution < 1.29 is 19.1 Å². The number of nitrogens with one attached hydrogen (secondary N) is 2. The molecule has 1 aromatic carbocycles. The Bertz CT molecular complexity index is 524. The minimum Gasteiger partial charge on any atom is -0.484 e. The molecule has 0 saturated carbocycles. The Morgan fingerprint density at radius 1 is 1.29 bits per heavy atom. The number of ether oxygens (including phenoxy) is 2. The van der Waals surface area contributed by atoms with Gasteiger partial charge >= 0.3 is 0 Å². The van der Waals surface area contributed by atoms with Gasteiger partial charge in [0.05, 0.1) is 0 Å². The zero-order chi connectivity index (χ0) is 15.2. The van der Waals surface area contributed by atoms with Gasteiger partial charge in [0, 0.05) is 6.61 Å². The van der Waals surface area contributed by atoms with Gasteiger partial charge in [-0.3, -0.25) is 20.4 Å². The summed E-state index contributed by atoms with van der Waals surface area (Å²) >= 11 is 0. The van der Waals surface area contributed by atoms with E-state index in [2.05, 4.69) is 10.9 Å². The van der Waals surface area contributed by atoms with Crippen LogP contribution >= 0.6 is 0 Å². The predicted octanol–water partition coefficient (Wildman–Crippen LogP) is 1.01. The first-order chi connectivity index (χ1) is 10.1. The van der Waals surface area contributed by atoms with Crippen LogP contribution < -0.4 is 15.6 Å². The van der Waals surface area contributed by atoms with Crippen molar-refractivity contribution in [1.82, 2.24) is 10.9 Å². The van der Waals surface area contributed by atoms with E-state index in [-0.39, 0.29) is 12.5 Å². The van der Waals surface area contributed by atoms with Gasteiger partial charge in [-0.25, -0.2) is 0 Å². The molecule has 2 N–H and O–H groups in total. The van der Waals surface area contributed by atoms with E-state index in [4.69, 9.17) is 9.47 Å². The van der Waals surface area contributed by atoms with E-state index >= 15 is 0 Å². The topological polar surface area (TPSA) is 76.7 Å². The lowest BCUT2D eigenvalue weighted by atomic mass is 10.1. The fraction of sp³-hybridized carbons (Fsp3) is 0.467. The van der Waals surface area contributed by atoms with Crippen molar-refractivity contribution in [3.63, 3.8) is 0 Å². The molecule has 1 atom stereocenters. The number of hydrogen-bond acceptors (Lipinski definition) is 4. The molecule has 0 bridgehead atoms. The number of carbonyl (C=O) groups excluding carboxylic acids is 2. The van der Waals surface area contributed by atoms with Crippen molar-refractivity contribution >= 4 is 11.8 Å². The molecule has 1 fully saturated rings. The molecule has 0 radical (unpaired) electrons. The highest BCUT2D eigenvalue weighted by Gasteiger charge is 2.23. The third-order valence-corrected chi connectivity index (χ3v) is 3.40.